The molecule has 0 spiro atoms. The average Bonchev–Trinajstić information content (AvgIpc) is 2.96. The summed E-state index contributed by atoms with van der Waals surface area (Å²) in [7, 11) is 0. The van der Waals surface area contributed by atoms with Gasteiger partial charge in [-0.15, -0.1) is 0 Å². The second-order valence-electron chi connectivity index (χ2n) is 8.66. The summed E-state index contributed by atoms with van der Waals surface area (Å²) in [5.41, 5.74) is 5.52. The van der Waals surface area contributed by atoms with Crippen molar-refractivity contribution in [1.29, 1.82) is 0 Å². The number of nitrogens with one attached hydrogen (secondary N) is 2. The minimum absolute atomic E-state index is 0.00210. The Balaban J connectivity index is 1.25. The molecule has 4 nitrogen and oxygen atoms in total. The zero-order valence-electron chi connectivity index (χ0n) is 13.9. The first-order valence-electron chi connectivity index (χ1n) is 9.35. The summed E-state index contributed by atoms with van der Waals surface area (Å²) in [6, 6.07) is 0. The molecule has 0 radical (unpaired) electrons. The number of carbonyl (C=O) groups excluding carboxylic acids is 2. The smallest absolute Gasteiger partial charge is 0.238 e. The van der Waals surface area contributed by atoms with Crippen molar-refractivity contribution >= 4 is 11.8 Å². The van der Waals surface area contributed by atoms with Crippen molar-refractivity contribution in [2.75, 3.05) is 0 Å². The second-order valence-corrected chi connectivity index (χ2v) is 8.66. The Morgan fingerprint density at radius 1 is 0.957 bits per heavy atom. The monoisotopic (exact) mass is 316 g/mol. The summed E-state index contributed by atoms with van der Waals surface area (Å²) in [5.74, 6) is 2.85. The summed E-state index contributed by atoms with van der Waals surface area (Å²) < 4.78 is 0. The molecule has 4 bridgehead atoms. The van der Waals surface area contributed by atoms with Gasteiger partial charge in [-0.1, -0.05) is 12.2 Å². The lowest BCUT2D eigenvalue weighted by atomic mass is 9.49. The van der Waals surface area contributed by atoms with Gasteiger partial charge in [0, 0.05) is 12.8 Å². The van der Waals surface area contributed by atoms with Gasteiger partial charge in [-0.2, -0.15) is 0 Å². The van der Waals surface area contributed by atoms with Gasteiger partial charge in [0.15, 0.2) is 0 Å². The summed E-state index contributed by atoms with van der Waals surface area (Å²) in [5, 5.41) is 0. The van der Waals surface area contributed by atoms with Gasteiger partial charge >= 0.3 is 0 Å². The van der Waals surface area contributed by atoms with E-state index in [1.165, 1.54) is 38.5 Å². The van der Waals surface area contributed by atoms with Gasteiger partial charge in [-0.3, -0.25) is 20.4 Å². The Kier molecular flexibility index (Phi) is 3.94. The van der Waals surface area contributed by atoms with Crippen molar-refractivity contribution in [2.24, 2.45) is 29.1 Å². The standard InChI is InChI=1S/C19H28N2O2/c22-17(8-13-3-1-2-4-13)20-21-18(23)12-19-9-14-5-15(10-19)7-16(6-14)11-19/h1,3,13-16H,2,4-12H2,(H,20,22)(H,21,23)/t13-,14?,15?,16?,19?/m1/s1. The second kappa shape index (κ2) is 5.95. The Morgan fingerprint density at radius 2 is 1.57 bits per heavy atom. The molecule has 2 amide bonds. The molecular formula is C19H28N2O2. The first kappa shape index (κ1) is 15.2. The molecule has 5 aliphatic rings. The molecule has 5 rings (SSSR count). The third kappa shape index (κ3) is 3.31. The fourth-order valence-electron chi connectivity index (χ4n) is 6.19. The molecule has 23 heavy (non-hydrogen) atoms. The molecule has 5 aliphatic carbocycles. The summed E-state index contributed by atoms with van der Waals surface area (Å²) in [6.45, 7) is 0. The lowest BCUT2D eigenvalue weighted by Gasteiger charge is -2.56. The van der Waals surface area contributed by atoms with Crippen LogP contribution < -0.4 is 10.9 Å². The number of allylic oxidation sites excluding steroid dienone is 2. The predicted octanol–water partition coefficient (Wildman–Crippen LogP) is 3.10. The molecule has 1 atom stereocenters. The fraction of sp³-hybridized carbons (Fsp3) is 0.789. The van der Waals surface area contributed by atoms with Crippen molar-refractivity contribution in [1.82, 2.24) is 10.9 Å². The van der Waals surface area contributed by atoms with Crippen molar-refractivity contribution in [2.45, 2.75) is 64.2 Å². The fourth-order valence-corrected chi connectivity index (χ4v) is 6.19. The zero-order valence-corrected chi connectivity index (χ0v) is 13.9. The molecule has 0 saturated heterocycles. The Hall–Kier alpha value is -1.32. The van der Waals surface area contributed by atoms with E-state index in [4.69, 9.17) is 0 Å². The van der Waals surface area contributed by atoms with Gasteiger partial charge in [-0.25, -0.2) is 0 Å². The lowest BCUT2D eigenvalue weighted by molar-refractivity contribution is -0.134. The SMILES string of the molecule is O=C(C[C@@H]1C=CCC1)NNC(=O)CC12CC3CC(CC(C3)C1)C2. The van der Waals surface area contributed by atoms with Crippen LogP contribution in [0.1, 0.15) is 64.2 Å². The number of hydrogen-bond acceptors (Lipinski definition) is 2. The van der Waals surface area contributed by atoms with Crippen molar-refractivity contribution in [3.05, 3.63) is 12.2 Å². The molecule has 2 N–H and O–H groups in total. The van der Waals surface area contributed by atoms with E-state index in [0.29, 0.717) is 18.8 Å². The molecule has 4 saturated carbocycles. The molecule has 0 unspecified atom stereocenters. The highest BCUT2D eigenvalue weighted by molar-refractivity contribution is 5.82. The maximum Gasteiger partial charge on any atom is 0.238 e. The summed E-state index contributed by atoms with van der Waals surface area (Å²) in [4.78, 5) is 24.2. The zero-order chi connectivity index (χ0) is 15.9. The molecule has 4 fully saturated rings. The molecular weight excluding hydrogens is 288 g/mol. The van der Waals surface area contributed by atoms with E-state index in [1.807, 2.05) is 0 Å². The maximum absolute atomic E-state index is 12.3. The number of amides is 2. The van der Waals surface area contributed by atoms with Gasteiger partial charge in [0.1, 0.15) is 0 Å². The highest BCUT2D eigenvalue weighted by Crippen LogP contribution is 2.61. The van der Waals surface area contributed by atoms with Gasteiger partial charge in [0.2, 0.25) is 11.8 Å². The van der Waals surface area contributed by atoms with Crippen molar-refractivity contribution in [3.8, 4) is 0 Å². The quantitative estimate of drug-likeness (QED) is 0.618. The molecule has 0 aliphatic heterocycles. The van der Waals surface area contributed by atoms with Crippen LogP contribution in [0.2, 0.25) is 0 Å². The predicted molar refractivity (Wildman–Crippen MR) is 88.0 cm³/mol. The third-order valence-electron chi connectivity index (χ3n) is 6.60. The molecule has 0 aromatic heterocycles. The van der Waals surface area contributed by atoms with Crippen LogP contribution in [0.5, 0.6) is 0 Å². The molecule has 0 aromatic rings. The number of rotatable bonds is 4. The van der Waals surface area contributed by atoms with Crippen LogP contribution in [0.4, 0.5) is 0 Å². The molecule has 0 heterocycles. The molecule has 4 heteroatoms. The van der Waals surface area contributed by atoms with E-state index >= 15 is 0 Å². The van der Waals surface area contributed by atoms with Gasteiger partial charge < -0.3 is 0 Å². The lowest BCUT2D eigenvalue weighted by Crippen LogP contribution is -2.50. The van der Waals surface area contributed by atoms with E-state index in [9.17, 15) is 9.59 Å². The number of hydrogen-bond donors (Lipinski definition) is 2. The van der Waals surface area contributed by atoms with Crippen LogP contribution in [0.15, 0.2) is 12.2 Å². The molecule has 126 valence electrons. The Labute approximate surface area is 138 Å². The van der Waals surface area contributed by atoms with E-state index in [0.717, 1.165) is 30.6 Å². The van der Waals surface area contributed by atoms with Crippen molar-refractivity contribution < 1.29 is 9.59 Å². The van der Waals surface area contributed by atoms with Gasteiger partial charge in [0.25, 0.3) is 0 Å². The maximum atomic E-state index is 12.3. The van der Waals surface area contributed by atoms with Crippen LogP contribution in [0.25, 0.3) is 0 Å². The highest BCUT2D eigenvalue weighted by atomic mass is 16.2. The normalized spacial score (nSPS) is 40.3. The van der Waals surface area contributed by atoms with E-state index in [1.54, 1.807) is 0 Å². The minimum Gasteiger partial charge on any atom is -0.273 e. The van der Waals surface area contributed by atoms with Crippen LogP contribution in [0.3, 0.4) is 0 Å². The summed E-state index contributed by atoms with van der Waals surface area (Å²) >= 11 is 0. The first-order chi connectivity index (χ1) is 11.1. The largest absolute Gasteiger partial charge is 0.273 e. The van der Waals surface area contributed by atoms with E-state index in [2.05, 4.69) is 23.0 Å². The number of carbonyl (C=O) groups is 2. The first-order valence-corrected chi connectivity index (χ1v) is 9.35. The Bertz CT molecular complexity index is 490. The van der Waals surface area contributed by atoms with E-state index < -0.39 is 0 Å². The van der Waals surface area contributed by atoms with E-state index in [-0.39, 0.29) is 17.2 Å². The van der Waals surface area contributed by atoms with Crippen LogP contribution in [0, 0.1) is 29.1 Å². The highest BCUT2D eigenvalue weighted by Gasteiger charge is 2.51. The van der Waals surface area contributed by atoms with Gasteiger partial charge in [0.05, 0.1) is 0 Å². The average molecular weight is 316 g/mol. The van der Waals surface area contributed by atoms with Gasteiger partial charge in [-0.05, 0) is 80.5 Å². The minimum atomic E-state index is -0.0691. The third-order valence-corrected chi connectivity index (χ3v) is 6.60. The molecule has 0 aromatic carbocycles. The Morgan fingerprint density at radius 3 is 2.13 bits per heavy atom. The van der Waals surface area contributed by atoms with Crippen LogP contribution in [-0.2, 0) is 9.59 Å². The number of hydrazine groups is 1. The van der Waals surface area contributed by atoms with Crippen LogP contribution >= 0.6 is 0 Å². The summed E-state index contributed by atoms with van der Waals surface area (Å²) in [6.07, 6.45) is 15.3. The topological polar surface area (TPSA) is 58.2 Å². The van der Waals surface area contributed by atoms with Crippen molar-refractivity contribution in [3.63, 3.8) is 0 Å². The van der Waals surface area contributed by atoms with Crippen LogP contribution in [-0.4, -0.2) is 11.8 Å².